The molecule has 0 bridgehead atoms. The third-order valence-electron chi connectivity index (χ3n) is 9.96. The number of amides is 5. The minimum absolute atomic E-state index is 0.103. The van der Waals surface area contributed by atoms with Crippen molar-refractivity contribution in [3.63, 3.8) is 0 Å². The number of aliphatic hydroxyl groups is 1. The minimum atomic E-state index is -4.27. The van der Waals surface area contributed by atoms with Crippen molar-refractivity contribution in [2.45, 2.75) is 115 Å². The highest BCUT2D eigenvalue weighted by atomic mass is 32.2. The topological polar surface area (TPSA) is 209 Å². The number of nitrogens with one attached hydrogen (secondary N) is 2. The number of aryl methyl sites for hydroxylation is 1. The average Bonchev–Trinajstić information content (AvgIpc) is 3.61. The van der Waals surface area contributed by atoms with Crippen molar-refractivity contribution < 1.29 is 51.2 Å². The predicted octanol–water partition coefficient (Wildman–Crippen LogP) is 0.735. The maximum Gasteiger partial charge on any atom is 0.308 e. The number of rotatable bonds is 9. The number of cyclic esters (lactones) is 1. The number of esters is 1. The Balaban J connectivity index is 1.95. The second kappa shape index (κ2) is 18.8. The molecule has 296 valence electrons. The van der Waals surface area contributed by atoms with Crippen molar-refractivity contribution in [1.29, 1.82) is 0 Å². The normalized spacial score (nSPS) is 25.9. The van der Waals surface area contributed by atoms with Crippen molar-refractivity contribution >= 4 is 45.6 Å². The van der Waals surface area contributed by atoms with Gasteiger partial charge >= 0.3 is 5.97 Å². The van der Waals surface area contributed by atoms with Crippen LogP contribution in [0.1, 0.15) is 72.3 Å². The van der Waals surface area contributed by atoms with E-state index in [0.29, 0.717) is 12.8 Å². The van der Waals surface area contributed by atoms with Crippen LogP contribution in [0.4, 0.5) is 0 Å². The molecule has 0 radical (unpaired) electrons. The second-order valence-corrected chi connectivity index (χ2v) is 15.9. The van der Waals surface area contributed by atoms with E-state index in [1.165, 1.54) is 47.9 Å². The molecule has 1 aromatic carbocycles. The largest absolute Gasteiger partial charge is 0.452 e. The van der Waals surface area contributed by atoms with Crippen LogP contribution in [-0.4, -0.2) is 134 Å². The van der Waals surface area contributed by atoms with E-state index in [2.05, 4.69) is 10.6 Å². The van der Waals surface area contributed by atoms with Gasteiger partial charge < -0.3 is 35.2 Å². The number of aliphatic hydroxyl groups excluding tert-OH is 1. The Hall–Kier alpha value is -4.09. The van der Waals surface area contributed by atoms with E-state index in [1.54, 1.807) is 39.8 Å². The van der Waals surface area contributed by atoms with Crippen LogP contribution in [0.5, 0.6) is 0 Å². The van der Waals surface area contributed by atoms with Gasteiger partial charge in [-0.3, -0.25) is 33.0 Å². The summed E-state index contributed by atoms with van der Waals surface area (Å²) in [5, 5.41) is 16.3. The molecule has 16 nitrogen and oxygen atoms in total. The van der Waals surface area contributed by atoms with E-state index < -0.39 is 95.0 Å². The summed E-state index contributed by atoms with van der Waals surface area (Å²) in [6, 6.07) is 1.77. The van der Waals surface area contributed by atoms with Crippen LogP contribution >= 0.6 is 0 Å². The smallest absolute Gasteiger partial charge is 0.308 e. The lowest BCUT2D eigenvalue weighted by Gasteiger charge is -2.38. The molecule has 2 fully saturated rings. The molecule has 1 aromatic rings. The molecule has 2 aliphatic heterocycles. The van der Waals surface area contributed by atoms with E-state index in [1.807, 2.05) is 6.92 Å². The van der Waals surface area contributed by atoms with E-state index in [-0.39, 0.29) is 42.7 Å². The van der Waals surface area contributed by atoms with Gasteiger partial charge in [0.2, 0.25) is 23.6 Å². The summed E-state index contributed by atoms with van der Waals surface area (Å²) in [6.45, 7) is 9.59. The van der Waals surface area contributed by atoms with Gasteiger partial charge in [0.25, 0.3) is 16.0 Å². The number of likely N-dealkylation sites (N-methyl/N-ethyl adjacent to an activating group) is 2. The van der Waals surface area contributed by atoms with E-state index in [4.69, 9.17) is 8.92 Å². The van der Waals surface area contributed by atoms with Crippen LogP contribution in [-0.2, 0) is 47.8 Å². The number of hydrogen-bond acceptors (Lipinski definition) is 11. The molecule has 0 aromatic heterocycles. The number of ether oxygens (including phenoxy) is 1. The Bertz CT molecular complexity index is 1600. The van der Waals surface area contributed by atoms with Crippen molar-refractivity contribution in [3.8, 4) is 0 Å². The first-order valence-electron chi connectivity index (χ1n) is 18.1. The standard InChI is InChI=1S/C36H55N5O11S/c1-9-23(5)30-35(47)40(8)31(21(2)3)36(48)39(7)24(6)32(44)37-17-16-29(43)52-28(34(46)41-18-10-11-27(41)33(45)38-30)19-25(42)20-51-53(49,50)26-14-12-22(4)13-15-26/h12-15,21,23-25,27-28,30-31,42H,9-11,16-20H2,1-8H3,(H,37,44)(H,38,45)/t23-,24-,25-,27-,28+,30-,31-/m0/s1. The monoisotopic (exact) mass is 765 g/mol. The summed E-state index contributed by atoms with van der Waals surface area (Å²) in [6.07, 6.45) is -3.07. The zero-order chi connectivity index (χ0) is 39.8. The summed E-state index contributed by atoms with van der Waals surface area (Å²) >= 11 is 0. The molecule has 0 saturated carbocycles. The predicted molar refractivity (Wildman–Crippen MR) is 192 cm³/mol. The molecule has 3 N–H and O–H groups in total. The fourth-order valence-electron chi connectivity index (χ4n) is 6.36. The first kappa shape index (κ1) is 43.3. The van der Waals surface area contributed by atoms with Gasteiger partial charge in [-0.1, -0.05) is 51.8 Å². The zero-order valence-corrected chi connectivity index (χ0v) is 32.7. The zero-order valence-electron chi connectivity index (χ0n) is 31.9. The highest BCUT2D eigenvalue weighted by Gasteiger charge is 2.43. The van der Waals surface area contributed by atoms with E-state index in [9.17, 15) is 42.3 Å². The Kier molecular flexibility index (Phi) is 15.4. The minimum Gasteiger partial charge on any atom is -0.452 e. The lowest BCUT2D eigenvalue weighted by Crippen LogP contribution is -2.60. The highest BCUT2D eigenvalue weighted by molar-refractivity contribution is 7.86. The van der Waals surface area contributed by atoms with Crippen LogP contribution in [0.25, 0.3) is 0 Å². The first-order valence-corrected chi connectivity index (χ1v) is 19.5. The molecule has 2 saturated heterocycles. The van der Waals surface area contributed by atoms with Crippen molar-refractivity contribution in [2.24, 2.45) is 11.8 Å². The van der Waals surface area contributed by atoms with Gasteiger partial charge in [-0.25, -0.2) is 0 Å². The summed E-state index contributed by atoms with van der Waals surface area (Å²) in [5.41, 5.74) is 0.824. The number of benzene rings is 1. The van der Waals surface area contributed by atoms with Crippen molar-refractivity contribution in [2.75, 3.05) is 33.8 Å². The van der Waals surface area contributed by atoms with Crippen LogP contribution in [0.3, 0.4) is 0 Å². The van der Waals surface area contributed by atoms with Gasteiger partial charge in [-0.2, -0.15) is 8.42 Å². The van der Waals surface area contributed by atoms with E-state index in [0.717, 1.165) is 5.56 Å². The van der Waals surface area contributed by atoms with Gasteiger partial charge in [0.05, 0.1) is 24.0 Å². The molecule has 0 spiro atoms. The summed E-state index contributed by atoms with van der Waals surface area (Å²) in [4.78, 5) is 85.5. The van der Waals surface area contributed by atoms with Gasteiger partial charge in [0.15, 0.2) is 6.10 Å². The highest BCUT2D eigenvalue weighted by Crippen LogP contribution is 2.24. The molecule has 0 unspecified atom stereocenters. The number of fused-ring (bicyclic) bond motifs is 1. The molecule has 3 rings (SSSR count). The van der Waals surface area contributed by atoms with Crippen LogP contribution in [0.15, 0.2) is 29.2 Å². The molecule has 2 heterocycles. The Morgan fingerprint density at radius 1 is 0.962 bits per heavy atom. The van der Waals surface area contributed by atoms with Crippen LogP contribution in [0.2, 0.25) is 0 Å². The van der Waals surface area contributed by atoms with Gasteiger partial charge in [-0.05, 0) is 50.7 Å². The maximum absolute atomic E-state index is 14.1. The number of nitrogens with zero attached hydrogens (tertiary/aromatic N) is 3. The SMILES string of the molecule is CC[C@H](C)[C@@H]1NC(=O)[C@@H]2CCCN2C(=O)[C@@H](C[C@H](O)COS(=O)(=O)c2ccc(C)cc2)OC(=O)CCNC(=O)[C@H](C)N(C)C(=O)[C@H](C(C)C)N(C)C1=O. The number of carbonyl (C=O) groups is 6. The molecular weight excluding hydrogens is 710 g/mol. The van der Waals surface area contributed by atoms with Gasteiger partial charge in [-0.15, -0.1) is 0 Å². The second-order valence-electron chi connectivity index (χ2n) is 14.3. The van der Waals surface area contributed by atoms with Crippen molar-refractivity contribution in [1.82, 2.24) is 25.3 Å². The third kappa shape index (κ3) is 11.0. The molecular formula is C36H55N5O11S. The molecule has 0 aliphatic carbocycles. The average molecular weight is 766 g/mol. The first-order chi connectivity index (χ1) is 24.8. The number of hydrogen-bond donors (Lipinski definition) is 3. The fraction of sp³-hybridized carbons (Fsp3) is 0.667. The lowest BCUT2D eigenvalue weighted by molar-refractivity contribution is -0.163. The van der Waals surface area contributed by atoms with Gasteiger partial charge in [0, 0.05) is 33.6 Å². The summed E-state index contributed by atoms with van der Waals surface area (Å²) in [5.74, 6) is -4.67. The molecule has 2 aliphatic rings. The lowest BCUT2D eigenvalue weighted by atomic mass is 9.94. The van der Waals surface area contributed by atoms with E-state index >= 15 is 0 Å². The molecule has 17 heteroatoms. The molecule has 7 atom stereocenters. The maximum atomic E-state index is 14.1. The Morgan fingerprint density at radius 3 is 2.21 bits per heavy atom. The van der Waals surface area contributed by atoms with Crippen molar-refractivity contribution in [3.05, 3.63) is 29.8 Å². The number of carbonyl (C=O) groups excluding carboxylic acids is 6. The Labute approximate surface area is 312 Å². The fourth-order valence-corrected chi connectivity index (χ4v) is 7.30. The van der Waals surface area contributed by atoms with Crippen LogP contribution in [0, 0.1) is 18.8 Å². The summed E-state index contributed by atoms with van der Waals surface area (Å²) in [7, 11) is -1.35. The van der Waals surface area contributed by atoms with Gasteiger partial charge in [0.1, 0.15) is 24.2 Å². The molecule has 5 amide bonds. The van der Waals surface area contributed by atoms with Crippen LogP contribution < -0.4 is 10.6 Å². The third-order valence-corrected chi connectivity index (χ3v) is 11.3. The summed E-state index contributed by atoms with van der Waals surface area (Å²) < 4.78 is 36.0. The molecule has 53 heavy (non-hydrogen) atoms. The quantitative estimate of drug-likeness (QED) is 0.236. The Morgan fingerprint density at radius 2 is 1.60 bits per heavy atom.